The second kappa shape index (κ2) is 6.94. The summed E-state index contributed by atoms with van der Waals surface area (Å²) in [5.74, 6) is 0.713. The third-order valence-corrected chi connectivity index (χ3v) is 8.26. The molecule has 4 rings (SSSR count). The molecular weight excluding hydrogens is 354 g/mol. The van der Waals surface area contributed by atoms with Crippen LogP contribution in [0.3, 0.4) is 0 Å². The molecular formula is C23H31NO4. The first-order valence-electron chi connectivity index (χ1n) is 10.6. The van der Waals surface area contributed by atoms with Crippen molar-refractivity contribution in [2.75, 3.05) is 13.2 Å². The zero-order valence-electron chi connectivity index (χ0n) is 17.0. The third kappa shape index (κ3) is 2.90. The Labute approximate surface area is 166 Å². The first-order valence-corrected chi connectivity index (χ1v) is 10.6. The van der Waals surface area contributed by atoms with E-state index < -0.39 is 5.97 Å². The smallest absolute Gasteiger partial charge is 0.320 e. The Morgan fingerprint density at radius 3 is 2.75 bits per heavy atom. The molecule has 2 saturated carbocycles. The molecule has 0 aromatic carbocycles. The van der Waals surface area contributed by atoms with E-state index in [0.717, 1.165) is 38.5 Å². The average Bonchev–Trinajstić information content (AvgIpc) is 3.03. The summed E-state index contributed by atoms with van der Waals surface area (Å²) in [4.78, 5) is 36.1. The molecule has 0 aromatic heterocycles. The molecule has 2 fully saturated rings. The highest BCUT2D eigenvalue weighted by atomic mass is 16.5. The number of nitrogens with two attached hydrogens (primary N) is 1. The lowest BCUT2D eigenvalue weighted by Gasteiger charge is -2.53. The molecule has 0 heterocycles. The van der Waals surface area contributed by atoms with Crippen LogP contribution >= 0.6 is 0 Å². The van der Waals surface area contributed by atoms with Crippen molar-refractivity contribution in [3.8, 4) is 0 Å². The molecule has 28 heavy (non-hydrogen) atoms. The summed E-state index contributed by atoms with van der Waals surface area (Å²) >= 11 is 0. The highest BCUT2D eigenvalue weighted by molar-refractivity contribution is 5.92. The summed E-state index contributed by atoms with van der Waals surface area (Å²) in [6.07, 6.45) is 10.7. The molecule has 5 heteroatoms. The maximum absolute atomic E-state index is 12.8. The van der Waals surface area contributed by atoms with E-state index in [1.807, 2.05) is 6.08 Å². The van der Waals surface area contributed by atoms with Crippen LogP contribution in [0.25, 0.3) is 0 Å². The zero-order valence-corrected chi connectivity index (χ0v) is 17.0. The second-order valence-electron chi connectivity index (χ2n) is 9.55. The van der Waals surface area contributed by atoms with Crippen molar-refractivity contribution < 1.29 is 19.1 Å². The van der Waals surface area contributed by atoms with Gasteiger partial charge in [0, 0.05) is 17.8 Å². The van der Waals surface area contributed by atoms with Gasteiger partial charge in [-0.1, -0.05) is 31.1 Å². The van der Waals surface area contributed by atoms with Gasteiger partial charge in [-0.3, -0.25) is 14.4 Å². The predicted molar refractivity (Wildman–Crippen MR) is 105 cm³/mol. The van der Waals surface area contributed by atoms with Crippen molar-refractivity contribution in [3.63, 3.8) is 0 Å². The summed E-state index contributed by atoms with van der Waals surface area (Å²) in [5.41, 5.74) is 8.06. The molecule has 4 aliphatic carbocycles. The van der Waals surface area contributed by atoms with Gasteiger partial charge in [0.05, 0.1) is 6.54 Å². The summed E-state index contributed by atoms with van der Waals surface area (Å²) in [7, 11) is 0. The van der Waals surface area contributed by atoms with Gasteiger partial charge in [0.1, 0.15) is 6.61 Å². The number of carbonyl (C=O) groups is 3. The first-order chi connectivity index (χ1) is 13.3. The Balaban J connectivity index is 1.58. The predicted octanol–water partition coefficient (Wildman–Crippen LogP) is 3.13. The van der Waals surface area contributed by atoms with Gasteiger partial charge < -0.3 is 10.5 Å². The van der Waals surface area contributed by atoms with Crippen molar-refractivity contribution in [2.45, 2.75) is 58.8 Å². The van der Waals surface area contributed by atoms with Crippen LogP contribution in [-0.4, -0.2) is 30.7 Å². The largest absolute Gasteiger partial charge is 0.457 e. The number of carbonyl (C=O) groups excluding carboxylic acids is 3. The third-order valence-electron chi connectivity index (χ3n) is 8.26. The van der Waals surface area contributed by atoms with Gasteiger partial charge in [0.25, 0.3) is 0 Å². The Bertz CT molecular complexity index is 781. The Morgan fingerprint density at radius 2 is 2.00 bits per heavy atom. The van der Waals surface area contributed by atoms with Crippen LogP contribution < -0.4 is 5.73 Å². The van der Waals surface area contributed by atoms with Gasteiger partial charge in [-0.05, 0) is 61.9 Å². The molecule has 0 spiro atoms. The molecule has 2 N–H and O–H groups in total. The van der Waals surface area contributed by atoms with Crippen molar-refractivity contribution in [1.29, 1.82) is 0 Å². The van der Waals surface area contributed by atoms with E-state index in [4.69, 9.17) is 10.5 Å². The highest BCUT2D eigenvalue weighted by Crippen LogP contribution is 2.64. The van der Waals surface area contributed by atoms with Gasteiger partial charge >= 0.3 is 5.97 Å². The molecule has 0 bridgehead atoms. The van der Waals surface area contributed by atoms with Crippen LogP contribution in [-0.2, 0) is 19.1 Å². The fourth-order valence-corrected chi connectivity index (χ4v) is 6.70. The monoisotopic (exact) mass is 385 g/mol. The number of fused-ring (bicyclic) bond motifs is 5. The van der Waals surface area contributed by atoms with Crippen LogP contribution in [0.1, 0.15) is 58.8 Å². The van der Waals surface area contributed by atoms with Crippen LogP contribution in [0, 0.1) is 28.6 Å². The van der Waals surface area contributed by atoms with Crippen molar-refractivity contribution >= 4 is 17.5 Å². The van der Waals surface area contributed by atoms with E-state index in [9.17, 15) is 14.4 Å². The molecule has 4 aliphatic rings. The van der Waals surface area contributed by atoms with Crippen molar-refractivity contribution in [2.24, 2.45) is 34.3 Å². The normalized spacial score (nSPS) is 39.2. The minimum atomic E-state index is -0.523. The SMILES string of the molecule is CC12CCC(=O)C=C1CCC1C2=CCC2(C)C(C(=O)COC(=O)CN)CCC12. The number of allylic oxidation sites excluding steroid dienone is 4. The quantitative estimate of drug-likeness (QED) is 0.593. The molecule has 152 valence electrons. The highest BCUT2D eigenvalue weighted by Gasteiger charge is 2.57. The molecule has 5 unspecified atom stereocenters. The fourth-order valence-electron chi connectivity index (χ4n) is 6.70. The van der Waals surface area contributed by atoms with Gasteiger partial charge in [-0.15, -0.1) is 0 Å². The van der Waals surface area contributed by atoms with Crippen LogP contribution in [0.5, 0.6) is 0 Å². The van der Waals surface area contributed by atoms with Crippen LogP contribution in [0.4, 0.5) is 0 Å². The number of rotatable bonds is 4. The lowest BCUT2D eigenvalue weighted by molar-refractivity contribution is -0.148. The number of hydrogen-bond acceptors (Lipinski definition) is 5. The molecule has 0 amide bonds. The average molecular weight is 386 g/mol. The number of esters is 1. The van der Waals surface area contributed by atoms with Crippen molar-refractivity contribution in [3.05, 3.63) is 23.3 Å². The maximum atomic E-state index is 12.8. The van der Waals surface area contributed by atoms with E-state index in [0.29, 0.717) is 18.3 Å². The van der Waals surface area contributed by atoms with Crippen LogP contribution in [0.2, 0.25) is 0 Å². The number of hydrogen-bond donors (Lipinski definition) is 1. The summed E-state index contributed by atoms with van der Waals surface area (Å²) in [6.45, 7) is 4.22. The van der Waals surface area contributed by atoms with Crippen molar-refractivity contribution in [1.82, 2.24) is 0 Å². The molecule has 0 aromatic rings. The van der Waals surface area contributed by atoms with E-state index >= 15 is 0 Å². The van der Waals surface area contributed by atoms with E-state index in [1.165, 1.54) is 11.1 Å². The first kappa shape index (κ1) is 19.6. The zero-order chi connectivity index (χ0) is 20.1. The van der Waals surface area contributed by atoms with Gasteiger partial charge in [-0.2, -0.15) is 0 Å². The number of ether oxygens (including phenoxy) is 1. The Hall–Kier alpha value is -1.75. The molecule has 5 atom stereocenters. The molecule has 0 saturated heterocycles. The van der Waals surface area contributed by atoms with Gasteiger partial charge in [0.2, 0.25) is 0 Å². The Kier molecular flexibility index (Phi) is 4.85. The van der Waals surface area contributed by atoms with Gasteiger partial charge in [-0.25, -0.2) is 0 Å². The lowest BCUT2D eigenvalue weighted by atomic mass is 9.51. The summed E-state index contributed by atoms with van der Waals surface area (Å²) in [5, 5.41) is 0. The minimum Gasteiger partial charge on any atom is -0.457 e. The molecule has 0 aliphatic heterocycles. The van der Waals surface area contributed by atoms with Crippen LogP contribution in [0.15, 0.2) is 23.3 Å². The van der Waals surface area contributed by atoms with Gasteiger partial charge in [0.15, 0.2) is 11.6 Å². The summed E-state index contributed by atoms with van der Waals surface area (Å²) < 4.78 is 5.03. The molecule has 5 nitrogen and oxygen atoms in total. The van der Waals surface area contributed by atoms with E-state index in [1.54, 1.807) is 0 Å². The summed E-state index contributed by atoms with van der Waals surface area (Å²) in [6, 6.07) is 0. The maximum Gasteiger partial charge on any atom is 0.320 e. The standard InChI is InChI=1S/C23H31NO4/c1-22-9-7-15(25)11-14(22)3-4-16-17-5-6-19(20(26)13-28-21(27)12-24)23(17,2)10-8-18(16)22/h8,11,16-17,19H,3-7,9-10,12-13,24H2,1-2H3. The fraction of sp³-hybridized carbons (Fsp3) is 0.696. The topological polar surface area (TPSA) is 86.5 Å². The molecule has 0 radical (unpaired) electrons. The number of ketones is 2. The van der Waals surface area contributed by atoms with E-state index in [2.05, 4.69) is 19.9 Å². The number of Topliss-reactive ketones (excluding diaryl/α,β-unsaturated/α-hetero) is 1. The minimum absolute atomic E-state index is 0.0247. The Morgan fingerprint density at radius 1 is 1.21 bits per heavy atom. The van der Waals surface area contributed by atoms with E-state index in [-0.39, 0.29) is 41.5 Å². The lowest BCUT2D eigenvalue weighted by Crippen LogP contribution is -2.46. The second-order valence-corrected chi connectivity index (χ2v) is 9.55.